The van der Waals surface area contributed by atoms with Crippen molar-refractivity contribution in [3.8, 4) is 67.3 Å². The van der Waals surface area contributed by atoms with Crippen LogP contribution in [0.1, 0.15) is 0 Å². The van der Waals surface area contributed by atoms with E-state index in [4.69, 9.17) is 18.8 Å². The van der Waals surface area contributed by atoms with Crippen molar-refractivity contribution >= 4 is 43.9 Å². The molecule has 0 bridgehead atoms. The third-order valence-electron chi connectivity index (χ3n) is 10.6. The van der Waals surface area contributed by atoms with Gasteiger partial charge in [0.25, 0.3) is 0 Å². The number of fused-ring (bicyclic) bond motifs is 6. The minimum absolute atomic E-state index is 0.634. The molecular weight excluding hydrogens is 687 g/mol. The fraction of sp³-hybridized carbons (Fsp3) is 0. The van der Waals surface area contributed by atoms with Gasteiger partial charge in [0.1, 0.15) is 22.3 Å². The highest BCUT2D eigenvalue weighted by molar-refractivity contribution is 6.07. The number of benzene rings is 7. The average Bonchev–Trinajstić information content (AvgIpc) is 3.84. The van der Waals surface area contributed by atoms with E-state index in [0.29, 0.717) is 5.82 Å². The maximum absolute atomic E-state index is 6.22. The standard InChI is InChI=1S/C51H31N3O2/c1-2-11-32(12-3-1)45-30-46(40-15-5-4-14-39(40)35-13-10-24-52-31-35)54-51(53-45)38-26-36(33-20-22-49-43(28-33)41-16-6-8-18-47(41)55-49)25-37(27-38)34-21-23-50-44(29-34)42-17-7-9-19-48(42)56-50/h1-31H. The quantitative estimate of drug-likeness (QED) is 0.171. The highest BCUT2D eigenvalue weighted by Gasteiger charge is 2.18. The molecule has 4 aromatic heterocycles. The maximum atomic E-state index is 6.22. The number of nitrogens with zero attached hydrogens (tertiary/aromatic N) is 3. The van der Waals surface area contributed by atoms with Gasteiger partial charge in [0.05, 0.1) is 11.4 Å². The Bertz CT molecular complexity index is 3120. The van der Waals surface area contributed by atoms with Gasteiger partial charge in [-0.25, -0.2) is 9.97 Å². The number of hydrogen-bond donors (Lipinski definition) is 0. The second-order valence-electron chi connectivity index (χ2n) is 14.0. The largest absolute Gasteiger partial charge is 0.456 e. The Labute approximate surface area is 322 Å². The van der Waals surface area contributed by atoms with E-state index in [1.165, 1.54) is 0 Å². The van der Waals surface area contributed by atoms with Crippen LogP contribution in [0, 0.1) is 0 Å². The van der Waals surface area contributed by atoms with E-state index in [9.17, 15) is 0 Å². The van der Waals surface area contributed by atoms with Gasteiger partial charge in [-0.1, -0.05) is 109 Å². The van der Waals surface area contributed by atoms with Gasteiger partial charge < -0.3 is 8.83 Å². The predicted molar refractivity (Wildman–Crippen MR) is 227 cm³/mol. The summed E-state index contributed by atoms with van der Waals surface area (Å²) in [6.45, 7) is 0. The van der Waals surface area contributed by atoms with Crippen LogP contribution in [0.15, 0.2) is 197 Å². The van der Waals surface area contributed by atoms with Crippen LogP contribution in [0.3, 0.4) is 0 Å². The third-order valence-corrected chi connectivity index (χ3v) is 10.6. The first-order chi connectivity index (χ1) is 27.7. The number of hydrogen-bond acceptors (Lipinski definition) is 5. The first kappa shape index (κ1) is 31.9. The van der Waals surface area contributed by atoms with Gasteiger partial charge in [0, 0.05) is 56.2 Å². The molecule has 11 aromatic rings. The summed E-state index contributed by atoms with van der Waals surface area (Å²) in [6.07, 6.45) is 3.70. The first-order valence-electron chi connectivity index (χ1n) is 18.6. The summed E-state index contributed by atoms with van der Waals surface area (Å²) in [5.74, 6) is 0.634. The van der Waals surface area contributed by atoms with Gasteiger partial charge >= 0.3 is 0 Å². The van der Waals surface area contributed by atoms with Crippen molar-refractivity contribution < 1.29 is 8.83 Å². The molecule has 11 rings (SSSR count). The van der Waals surface area contributed by atoms with Crippen molar-refractivity contribution in [3.05, 3.63) is 188 Å². The molecule has 0 spiro atoms. The van der Waals surface area contributed by atoms with Gasteiger partial charge in [-0.05, 0) is 94.5 Å². The van der Waals surface area contributed by atoms with Crippen LogP contribution in [-0.2, 0) is 0 Å². The zero-order chi connectivity index (χ0) is 37.0. The number of pyridine rings is 1. The fourth-order valence-corrected chi connectivity index (χ4v) is 7.85. The molecule has 0 aliphatic carbocycles. The van der Waals surface area contributed by atoms with Gasteiger partial charge in [0.15, 0.2) is 5.82 Å². The lowest BCUT2D eigenvalue weighted by atomic mass is 9.94. The highest BCUT2D eigenvalue weighted by atomic mass is 16.3. The monoisotopic (exact) mass is 717 g/mol. The van der Waals surface area contributed by atoms with Crippen molar-refractivity contribution in [1.29, 1.82) is 0 Å². The summed E-state index contributed by atoms with van der Waals surface area (Å²) >= 11 is 0. The Morgan fingerprint density at radius 2 is 0.857 bits per heavy atom. The van der Waals surface area contributed by atoms with E-state index < -0.39 is 0 Å². The summed E-state index contributed by atoms with van der Waals surface area (Å²) in [5, 5.41) is 4.34. The minimum atomic E-state index is 0.634. The number of para-hydroxylation sites is 2. The number of rotatable bonds is 6. The second-order valence-corrected chi connectivity index (χ2v) is 14.0. The van der Waals surface area contributed by atoms with E-state index >= 15 is 0 Å². The summed E-state index contributed by atoms with van der Waals surface area (Å²) in [6, 6.07) is 60.8. The van der Waals surface area contributed by atoms with Gasteiger partial charge in [-0.2, -0.15) is 0 Å². The van der Waals surface area contributed by atoms with E-state index in [1.54, 1.807) is 6.20 Å². The lowest BCUT2D eigenvalue weighted by Gasteiger charge is -2.14. The number of aromatic nitrogens is 3. The lowest BCUT2D eigenvalue weighted by molar-refractivity contribution is 0.668. The fourth-order valence-electron chi connectivity index (χ4n) is 7.85. The van der Waals surface area contributed by atoms with Crippen molar-refractivity contribution in [2.45, 2.75) is 0 Å². The molecule has 56 heavy (non-hydrogen) atoms. The Balaban J connectivity index is 1.15. The summed E-state index contributed by atoms with van der Waals surface area (Å²) in [7, 11) is 0. The molecule has 0 amide bonds. The minimum Gasteiger partial charge on any atom is -0.456 e. The third kappa shape index (κ3) is 5.53. The first-order valence-corrected chi connectivity index (χ1v) is 18.6. The van der Waals surface area contributed by atoms with Crippen LogP contribution >= 0.6 is 0 Å². The molecule has 4 heterocycles. The molecule has 0 N–H and O–H groups in total. The molecule has 0 aliphatic rings. The van der Waals surface area contributed by atoms with Crippen LogP contribution in [-0.4, -0.2) is 15.0 Å². The Morgan fingerprint density at radius 3 is 1.50 bits per heavy atom. The molecule has 262 valence electrons. The molecule has 7 aromatic carbocycles. The smallest absolute Gasteiger partial charge is 0.160 e. The second kappa shape index (κ2) is 13.0. The summed E-state index contributed by atoms with van der Waals surface area (Å²) in [5.41, 5.74) is 14.4. The SMILES string of the molecule is c1ccc(-c2cc(-c3ccccc3-c3cccnc3)nc(-c3cc(-c4ccc5oc6ccccc6c5c4)cc(-c4ccc5oc6ccccc6c5c4)c3)n2)cc1. The zero-order valence-electron chi connectivity index (χ0n) is 30.1. The van der Waals surface area contributed by atoms with E-state index in [-0.39, 0.29) is 0 Å². The van der Waals surface area contributed by atoms with Crippen molar-refractivity contribution in [2.24, 2.45) is 0 Å². The molecule has 0 saturated carbocycles. The summed E-state index contributed by atoms with van der Waals surface area (Å²) < 4.78 is 12.4. The molecule has 5 nitrogen and oxygen atoms in total. The van der Waals surface area contributed by atoms with E-state index in [0.717, 1.165) is 105 Å². The molecule has 0 unspecified atom stereocenters. The Morgan fingerprint density at radius 1 is 0.321 bits per heavy atom. The zero-order valence-corrected chi connectivity index (χ0v) is 30.1. The number of furan rings is 2. The Hall–Kier alpha value is -7.63. The van der Waals surface area contributed by atoms with Crippen LogP contribution in [0.4, 0.5) is 0 Å². The van der Waals surface area contributed by atoms with Gasteiger partial charge in [-0.3, -0.25) is 4.98 Å². The van der Waals surface area contributed by atoms with Gasteiger partial charge in [0.2, 0.25) is 0 Å². The average molecular weight is 718 g/mol. The van der Waals surface area contributed by atoms with Crippen LogP contribution < -0.4 is 0 Å². The maximum Gasteiger partial charge on any atom is 0.160 e. The van der Waals surface area contributed by atoms with Crippen LogP contribution in [0.2, 0.25) is 0 Å². The molecular formula is C51H31N3O2. The predicted octanol–water partition coefficient (Wildman–Crippen LogP) is 13.7. The molecule has 0 fully saturated rings. The normalized spacial score (nSPS) is 11.6. The van der Waals surface area contributed by atoms with E-state index in [2.05, 4.69) is 132 Å². The van der Waals surface area contributed by atoms with Crippen LogP contribution in [0.25, 0.3) is 111 Å². The van der Waals surface area contributed by atoms with Crippen LogP contribution in [0.5, 0.6) is 0 Å². The molecule has 0 saturated heterocycles. The van der Waals surface area contributed by atoms with Crippen molar-refractivity contribution in [3.63, 3.8) is 0 Å². The molecule has 5 heteroatoms. The highest BCUT2D eigenvalue weighted by Crippen LogP contribution is 2.40. The molecule has 0 aliphatic heterocycles. The summed E-state index contributed by atoms with van der Waals surface area (Å²) in [4.78, 5) is 15.1. The lowest BCUT2D eigenvalue weighted by Crippen LogP contribution is -1.98. The topological polar surface area (TPSA) is 65.0 Å². The molecule has 0 radical (unpaired) electrons. The van der Waals surface area contributed by atoms with Crippen molar-refractivity contribution in [2.75, 3.05) is 0 Å². The van der Waals surface area contributed by atoms with Gasteiger partial charge in [-0.15, -0.1) is 0 Å². The van der Waals surface area contributed by atoms with Crippen molar-refractivity contribution in [1.82, 2.24) is 15.0 Å². The van der Waals surface area contributed by atoms with E-state index in [1.807, 2.05) is 54.7 Å². The molecule has 0 atom stereocenters. The Kier molecular flexibility index (Phi) is 7.42.